The number of aliphatic hydroxyl groups is 1. The number of hydrogen-bond donors (Lipinski definition) is 1. The maximum absolute atomic E-state index is 12.0. The predicted octanol–water partition coefficient (Wildman–Crippen LogP) is 3.70. The Labute approximate surface area is 128 Å². The zero-order valence-electron chi connectivity index (χ0n) is 13.5. The van der Waals surface area contributed by atoms with E-state index in [0.717, 1.165) is 44.9 Å². The van der Waals surface area contributed by atoms with Gasteiger partial charge in [0.15, 0.2) is 5.78 Å². The second-order valence-corrected chi connectivity index (χ2v) is 6.47. The van der Waals surface area contributed by atoms with Gasteiger partial charge in [0.05, 0.1) is 0 Å². The number of ketones is 2. The monoisotopic (exact) mass is 294 g/mol. The normalized spacial score (nSPS) is 22.6. The Morgan fingerprint density at radius 2 is 1.90 bits per heavy atom. The van der Waals surface area contributed by atoms with Crippen LogP contribution in [0.25, 0.3) is 0 Å². The van der Waals surface area contributed by atoms with Crippen LogP contribution in [-0.2, 0) is 9.59 Å². The van der Waals surface area contributed by atoms with Crippen molar-refractivity contribution in [2.45, 2.75) is 65.2 Å². The Bertz CT molecular complexity index is 357. The Balaban J connectivity index is 2.35. The van der Waals surface area contributed by atoms with Crippen LogP contribution in [0.2, 0.25) is 0 Å². The highest BCUT2D eigenvalue weighted by atomic mass is 16.2. The first-order chi connectivity index (χ1) is 10.1. The third-order valence-electron chi connectivity index (χ3n) is 4.40. The summed E-state index contributed by atoms with van der Waals surface area (Å²) in [6.07, 6.45) is 11.5. The molecule has 0 bridgehead atoms. The number of carbonyl (C=O) groups is 2. The maximum atomic E-state index is 12.0. The molecule has 3 heteroatoms. The van der Waals surface area contributed by atoms with Crippen molar-refractivity contribution >= 4 is 11.6 Å². The second-order valence-electron chi connectivity index (χ2n) is 6.47. The zero-order valence-corrected chi connectivity index (χ0v) is 13.5. The van der Waals surface area contributed by atoms with Crippen LogP contribution in [0, 0.1) is 17.8 Å². The number of hydrogen-bond acceptors (Lipinski definition) is 3. The second kappa shape index (κ2) is 9.88. The van der Waals surface area contributed by atoms with Gasteiger partial charge in [0.25, 0.3) is 0 Å². The van der Waals surface area contributed by atoms with Crippen LogP contribution in [0.5, 0.6) is 0 Å². The van der Waals surface area contributed by atoms with Crippen LogP contribution in [0.3, 0.4) is 0 Å². The van der Waals surface area contributed by atoms with Crippen molar-refractivity contribution in [2.75, 3.05) is 6.61 Å². The van der Waals surface area contributed by atoms with Gasteiger partial charge >= 0.3 is 0 Å². The van der Waals surface area contributed by atoms with Gasteiger partial charge in [-0.2, -0.15) is 0 Å². The zero-order chi connectivity index (χ0) is 15.7. The van der Waals surface area contributed by atoms with E-state index < -0.39 is 0 Å². The van der Waals surface area contributed by atoms with Gasteiger partial charge < -0.3 is 5.11 Å². The lowest BCUT2D eigenvalue weighted by Gasteiger charge is -2.14. The number of Topliss-reactive ketones (excluding diaryl/α,β-unsaturated/α-hetero) is 1. The van der Waals surface area contributed by atoms with Crippen LogP contribution in [0.15, 0.2) is 12.2 Å². The summed E-state index contributed by atoms with van der Waals surface area (Å²) in [5.41, 5.74) is 0. The van der Waals surface area contributed by atoms with Crippen LogP contribution < -0.4 is 0 Å². The van der Waals surface area contributed by atoms with E-state index in [2.05, 4.69) is 0 Å². The molecule has 0 saturated heterocycles. The molecule has 21 heavy (non-hydrogen) atoms. The quantitative estimate of drug-likeness (QED) is 0.494. The highest BCUT2D eigenvalue weighted by Crippen LogP contribution is 2.33. The molecular weight excluding hydrogens is 264 g/mol. The first-order valence-electron chi connectivity index (χ1n) is 8.42. The van der Waals surface area contributed by atoms with Crippen molar-refractivity contribution in [3.05, 3.63) is 12.2 Å². The number of rotatable bonds is 10. The molecule has 2 unspecified atom stereocenters. The standard InChI is InChI=1S/C18H30O3/c1-14(2)17(20)11-9-15-10-12-18(21)16(15)8-6-4-3-5-7-13-19/h9,11,14-16,19H,3-8,10,12-13H2,1-2H3/b11-9+. The van der Waals surface area contributed by atoms with Crippen molar-refractivity contribution in [3.63, 3.8) is 0 Å². The van der Waals surface area contributed by atoms with E-state index in [4.69, 9.17) is 5.11 Å². The Hall–Kier alpha value is -0.960. The summed E-state index contributed by atoms with van der Waals surface area (Å²) in [6.45, 7) is 4.07. The van der Waals surface area contributed by atoms with Gasteiger partial charge in [-0.1, -0.05) is 45.6 Å². The maximum Gasteiger partial charge on any atom is 0.157 e. The van der Waals surface area contributed by atoms with Crippen LogP contribution in [0.4, 0.5) is 0 Å². The lowest BCUT2D eigenvalue weighted by Crippen LogP contribution is -2.14. The summed E-state index contributed by atoms with van der Waals surface area (Å²) >= 11 is 0. The van der Waals surface area contributed by atoms with E-state index in [1.807, 2.05) is 19.9 Å². The number of allylic oxidation sites excluding steroid dienone is 2. The van der Waals surface area contributed by atoms with Gasteiger partial charge in [-0.05, 0) is 31.3 Å². The summed E-state index contributed by atoms with van der Waals surface area (Å²) < 4.78 is 0. The molecule has 120 valence electrons. The van der Waals surface area contributed by atoms with E-state index in [9.17, 15) is 9.59 Å². The van der Waals surface area contributed by atoms with Gasteiger partial charge in [0.2, 0.25) is 0 Å². The molecule has 0 aromatic heterocycles. The fraction of sp³-hybridized carbons (Fsp3) is 0.778. The molecule has 1 aliphatic carbocycles. The minimum Gasteiger partial charge on any atom is -0.396 e. The third kappa shape index (κ3) is 6.56. The van der Waals surface area contributed by atoms with Gasteiger partial charge in [-0.3, -0.25) is 9.59 Å². The Kier molecular flexibility index (Phi) is 8.51. The van der Waals surface area contributed by atoms with Crippen LogP contribution in [0.1, 0.15) is 65.2 Å². The largest absolute Gasteiger partial charge is 0.396 e. The molecule has 1 rings (SSSR count). The summed E-state index contributed by atoms with van der Waals surface area (Å²) in [5, 5.41) is 8.73. The average Bonchev–Trinajstić information content (AvgIpc) is 2.80. The molecule has 1 fully saturated rings. The Morgan fingerprint density at radius 3 is 2.57 bits per heavy atom. The fourth-order valence-electron chi connectivity index (χ4n) is 2.96. The van der Waals surface area contributed by atoms with Gasteiger partial charge in [0, 0.05) is 24.9 Å². The highest BCUT2D eigenvalue weighted by molar-refractivity contribution is 5.91. The summed E-state index contributed by atoms with van der Waals surface area (Å²) in [6, 6.07) is 0. The van der Waals surface area contributed by atoms with E-state index in [1.54, 1.807) is 6.08 Å². The molecule has 1 aliphatic rings. The van der Waals surface area contributed by atoms with E-state index in [-0.39, 0.29) is 30.1 Å². The third-order valence-corrected chi connectivity index (χ3v) is 4.40. The molecule has 0 aliphatic heterocycles. The van der Waals surface area contributed by atoms with Crippen molar-refractivity contribution in [2.24, 2.45) is 17.8 Å². The number of carbonyl (C=O) groups excluding carboxylic acids is 2. The molecule has 0 aromatic rings. The Morgan fingerprint density at radius 1 is 1.24 bits per heavy atom. The van der Waals surface area contributed by atoms with Crippen LogP contribution in [-0.4, -0.2) is 23.3 Å². The SMILES string of the molecule is CC(C)C(=O)/C=C/C1CCC(=O)C1CCCCCCCO. The van der Waals surface area contributed by atoms with Gasteiger partial charge in [-0.25, -0.2) is 0 Å². The summed E-state index contributed by atoms with van der Waals surface area (Å²) in [4.78, 5) is 23.6. The lowest BCUT2D eigenvalue weighted by atomic mass is 9.89. The van der Waals surface area contributed by atoms with Crippen molar-refractivity contribution in [1.29, 1.82) is 0 Å². The van der Waals surface area contributed by atoms with Gasteiger partial charge in [-0.15, -0.1) is 0 Å². The molecule has 0 heterocycles. The van der Waals surface area contributed by atoms with Crippen molar-refractivity contribution in [1.82, 2.24) is 0 Å². The molecule has 3 nitrogen and oxygen atoms in total. The van der Waals surface area contributed by atoms with Crippen molar-refractivity contribution < 1.29 is 14.7 Å². The topological polar surface area (TPSA) is 54.4 Å². The minimum atomic E-state index is 0.0309. The van der Waals surface area contributed by atoms with E-state index in [1.165, 1.54) is 0 Å². The van der Waals surface area contributed by atoms with Crippen LogP contribution >= 0.6 is 0 Å². The molecule has 0 radical (unpaired) electrons. The molecule has 0 spiro atoms. The minimum absolute atomic E-state index is 0.0309. The first kappa shape index (κ1) is 18.1. The van der Waals surface area contributed by atoms with Crippen molar-refractivity contribution in [3.8, 4) is 0 Å². The molecule has 2 atom stereocenters. The predicted molar refractivity (Wildman–Crippen MR) is 85.0 cm³/mol. The van der Waals surface area contributed by atoms with E-state index >= 15 is 0 Å². The molecular formula is C18H30O3. The number of aliphatic hydroxyl groups excluding tert-OH is 1. The lowest BCUT2D eigenvalue weighted by molar-refractivity contribution is -0.121. The highest BCUT2D eigenvalue weighted by Gasteiger charge is 2.32. The molecule has 1 saturated carbocycles. The molecule has 0 amide bonds. The average molecular weight is 294 g/mol. The first-order valence-corrected chi connectivity index (χ1v) is 8.42. The van der Waals surface area contributed by atoms with Gasteiger partial charge in [0.1, 0.15) is 5.78 Å². The number of unbranched alkanes of at least 4 members (excludes halogenated alkanes) is 4. The summed E-state index contributed by atoms with van der Waals surface area (Å²) in [5.74, 6) is 0.939. The van der Waals surface area contributed by atoms with E-state index in [0.29, 0.717) is 12.2 Å². The molecule has 1 N–H and O–H groups in total. The smallest absolute Gasteiger partial charge is 0.157 e. The summed E-state index contributed by atoms with van der Waals surface area (Å²) in [7, 11) is 0. The fourth-order valence-corrected chi connectivity index (χ4v) is 2.96. The molecule has 0 aromatic carbocycles.